The van der Waals surface area contributed by atoms with Crippen molar-refractivity contribution < 1.29 is 0 Å². The smallest absolute Gasteiger partial charge is 0.0312 e. The van der Waals surface area contributed by atoms with E-state index in [0.717, 1.165) is 25.7 Å². The third kappa shape index (κ3) is 4.40. The van der Waals surface area contributed by atoms with Crippen molar-refractivity contribution in [2.75, 3.05) is 13.1 Å². The number of hydrogen-bond donors (Lipinski definition) is 2. The Bertz CT molecular complexity index is 269. The van der Waals surface area contributed by atoms with Crippen molar-refractivity contribution >= 4 is 0 Å². The van der Waals surface area contributed by atoms with Gasteiger partial charge in [0.1, 0.15) is 0 Å². The number of nitrogens with zero attached hydrogens (tertiary/aromatic N) is 1. The quantitative estimate of drug-likeness (QED) is 0.659. The van der Waals surface area contributed by atoms with Crippen molar-refractivity contribution in [1.29, 1.82) is 0 Å². The molecule has 0 atom stereocenters. The molecule has 0 saturated heterocycles. The zero-order valence-electron chi connectivity index (χ0n) is 9.08. The van der Waals surface area contributed by atoms with Crippen LogP contribution in [0.2, 0.25) is 0 Å². The first-order chi connectivity index (χ1) is 7.45. The van der Waals surface area contributed by atoms with Crippen molar-refractivity contribution in [3.05, 3.63) is 30.1 Å². The lowest BCUT2D eigenvalue weighted by molar-refractivity contribution is 0.593. The van der Waals surface area contributed by atoms with Gasteiger partial charge in [-0.2, -0.15) is 0 Å². The zero-order valence-corrected chi connectivity index (χ0v) is 9.08. The molecule has 1 heterocycles. The standard InChI is InChI=1S/C12H19N3/c1-3-11(9-13-6-1)10-14-7-2-8-15-12-4-5-12/h1,3,6,9,12,14-15H,2,4-5,7-8,10H2. The largest absolute Gasteiger partial charge is 0.314 e. The first-order valence-electron chi connectivity index (χ1n) is 5.78. The third-order valence-corrected chi connectivity index (χ3v) is 2.59. The van der Waals surface area contributed by atoms with Gasteiger partial charge in [0, 0.05) is 25.0 Å². The molecule has 1 aliphatic rings. The summed E-state index contributed by atoms with van der Waals surface area (Å²) >= 11 is 0. The number of aromatic nitrogens is 1. The van der Waals surface area contributed by atoms with Gasteiger partial charge in [-0.1, -0.05) is 6.07 Å². The van der Waals surface area contributed by atoms with Crippen LogP contribution < -0.4 is 10.6 Å². The van der Waals surface area contributed by atoms with Crippen LogP contribution in [0.5, 0.6) is 0 Å². The summed E-state index contributed by atoms with van der Waals surface area (Å²) in [6.07, 6.45) is 7.68. The van der Waals surface area contributed by atoms with Crippen molar-refractivity contribution in [3.63, 3.8) is 0 Å². The highest BCUT2D eigenvalue weighted by Gasteiger charge is 2.19. The van der Waals surface area contributed by atoms with Gasteiger partial charge in [0.15, 0.2) is 0 Å². The summed E-state index contributed by atoms with van der Waals surface area (Å²) in [4.78, 5) is 4.08. The van der Waals surface area contributed by atoms with Crippen LogP contribution in [-0.2, 0) is 6.54 Å². The van der Waals surface area contributed by atoms with E-state index in [9.17, 15) is 0 Å². The van der Waals surface area contributed by atoms with E-state index in [2.05, 4.69) is 21.7 Å². The molecule has 1 aliphatic carbocycles. The van der Waals surface area contributed by atoms with Crippen LogP contribution in [0.15, 0.2) is 24.5 Å². The molecule has 15 heavy (non-hydrogen) atoms. The van der Waals surface area contributed by atoms with E-state index in [1.807, 2.05) is 18.5 Å². The van der Waals surface area contributed by atoms with Crippen molar-refractivity contribution in [2.45, 2.75) is 31.8 Å². The second kappa shape index (κ2) is 5.83. The molecule has 3 nitrogen and oxygen atoms in total. The van der Waals surface area contributed by atoms with E-state index in [0.29, 0.717) is 0 Å². The molecule has 1 fully saturated rings. The predicted molar refractivity (Wildman–Crippen MR) is 61.6 cm³/mol. The van der Waals surface area contributed by atoms with Crippen molar-refractivity contribution in [2.24, 2.45) is 0 Å². The van der Waals surface area contributed by atoms with Gasteiger partial charge in [-0.3, -0.25) is 4.98 Å². The van der Waals surface area contributed by atoms with Crippen molar-refractivity contribution in [3.8, 4) is 0 Å². The topological polar surface area (TPSA) is 37.0 Å². The molecule has 1 aromatic rings. The minimum Gasteiger partial charge on any atom is -0.314 e. The maximum absolute atomic E-state index is 4.08. The number of hydrogen-bond acceptors (Lipinski definition) is 3. The lowest BCUT2D eigenvalue weighted by atomic mass is 10.3. The van der Waals surface area contributed by atoms with Gasteiger partial charge in [-0.25, -0.2) is 0 Å². The third-order valence-electron chi connectivity index (χ3n) is 2.59. The Morgan fingerprint density at radius 1 is 1.33 bits per heavy atom. The van der Waals surface area contributed by atoms with Gasteiger partial charge < -0.3 is 10.6 Å². The summed E-state index contributed by atoms with van der Waals surface area (Å²) in [5.41, 5.74) is 1.26. The van der Waals surface area contributed by atoms with Crippen molar-refractivity contribution in [1.82, 2.24) is 15.6 Å². The van der Waals surface area contributed by atoms with E-state index in [4.69, 9.17) is 0 Å². The molecule has 0 amide bonds. The lowest BCUT2D eigenvalue weighted by Gasteiger charge is -2.05. The fourth-order valence-corrected chi connectivity index (χ4v) is 1.54. The van der Waals surface area contributed by atoms with Crippen LogP contribution in [-0.4, -0.2) is 24.1 Å². The Kier molecular flexibility index (Phi) is 4.11. The molecule has 0 unspecified atom stereocenters. The Morgan fingerprint density at radius 2 is 2.27 bits per heavy atom. The molecule has 2 rings (SSSR count). The fraction of sp³-hybridized carbons (Fsp3) is 0.583. The van der Waals surface area contributed by atoms with Crippen LogP contribution >= 0.6 is 0 Å². The van der Waals surface area contributed by atoms with E-state index >= 15 is 0 Å². The summed E-state index contributed by atoms with van der Waals surface area (Å²) in [6, 6.07) is 4.91. The zero-order chi connectivity index (χ0) is 10.3. The molecular formula is C12H19N3. The molecule has 0 aliphatic heterocycles. The van der Waals surface area contributed by atoms with Crippen LogP contribution in [0.4, 0.5) is 0 Å². The molecule has 0 aromatic carbocycles. The average molecular weight is 205 g/mol. The second-order valence-corrected chi connectivity index (χ2v) is 4.12. The van der Waals surface area contributed by atoms with Gasteiger partial charge in [0.25, 0.3) is 0 Å². The van der Waals surface area contributed by atoms with Gasteiger partial charge in [-0.15, -0.1) is 0 Å². The van der Waals surface area contributed by atoms with Gasteiger partial charge in [0.2, 0.25) is 0 Å². The van der Waals surface area contributed by atoms with E-state index in [-0.39, 0.29) is 0 Å². The first kappa shape index (κ1) is 10.6. The SMILES string of the molecule is c1cncc(CNCCCNC2CC2)c1. The molecule has 0 radical (unpaired) electrons. The van der Waals surface area contributed by atoms with Gasteiger partial charge >= 0.3 is 0 Å². The van der Waals surface area contributed by atoms with E-state index in [1.165, 1.54) is 24.8 Å². The van der Waals surface area contributed by atoms with Crippen LogP contribution in [0, 0.1) is 0 Å². The Morgan fingerprint density at radius 3 is 3.00 bits per heavy atom. The lowest BCUT2D eigenvalue weighted by Crippen LogP contribution is -2.23. The molecule has 2 N–H and O–H groups in total. The molecule has 3 heteroatoms. The Labute approximate surface area is 91.3 Å². The summed E-state index contributed by atoms with van der Waals surface area (Å²) in [5, 5.41) is 6.92. The molecule has 1 saturated carbocycles. The average Bonchev–Trinajstić information content (AvgIpc) is 3.09. The molecule has 82 valence electrons. The number of rotatable bonds is 7. The van der Waals surface area contributed by atoms with Gasteiger partial charge in [0.05, 0.1) is 0 Å². The Balaban J connectivity index is 1.47. The number of pyridine rings is 1. The molecule has 1 aromatic heterocycles. The molecule has 0 spiro atoms. The fourth-order valence-electron chi connectivity index (χ4n) is 1.54. The van der Waals surface area contributed by atoms with Crippen LogP contribution in [0.3, 0.4) is 0 Å². The second-order valence-electron chi connectivity index (χ2n) is 4.12. The summed E-state index contributed by atoms with van der Waals surface area (Å²) < 4.78 is 0. The molecular weight excluding hydrogens is 186 g/mol. The highest BCUT2D eigenvalue weighted by atomic mass is 14.9. The number of nitrogens with one attached hydrogen (secondary N) is 2. The summed E-state index contributed by atoms with van der Waals surface area (Å²) in [6.45, 7) is 3.15. The summed E-state index contributed by atoms with van der Waals surface area (Å²) in [7, 11) is 0. The van der Waals surface area contributed by atoms with Gasteiger partial charge in [-0.05, 0) is 44.0 Å². The highest BCUT2D eigenvalue weighted by Crippen LogP contribution is 2.18. The van der Waals surface area contributed by atoms with Crippen LogP contribution in [0.1, 0.15) is 24.8 Å². The maximum atomic E-state index is 4.08. The first-order valence-corrected chi connectivity index (χ1v) is 5.78. The normalized spacial score (nSPS) is 15.5. The minimum absolute atomic E-state index is 0.836. The Hall–Kier alpha value is -0.930. The van der Waals surface area contributed by atoms with Crippen LogP contribution in [0.25, 0.3) is 0 Å². The molecule has 0 bridgehead atoms. The predicted octanol–water partition coefficient (Wildman–Crippen LogP) is 1.31. The van der Waals surface area contributed by atoms with E-state index < -0.39 is 0 Å². The summed E-state index contributed by atoms with van der Waals surface area (Å²) in [5.74, 6) is 0. The highest BCUT2D eigenvalue weighted by molar-refractivity contribution is 5.07. The monoisotopic (exact) mass is 205 g/mol. The van der Waals surface area contributed by atoms with E-state index in [1.54, 1.807) is 0 Å². The maximum Gasteiger partial charge on any atom is 0.0312 e. The minimum atomic E-state index is 0.836.